The van der Waals surface area contributed by atoms with Crippen LogP contribution in [0.25, 0.3) is 16.7 Å². The second-order valence-electron chi connectivity index (χ2n) is 5.83. The van der Waals surface area contributed by atoms with Gasteiger partial charge in [0.2, 0.25) is 6.79 Å². The van der Waals surface area contributed by atoms with Gasteiger partial charge in [0.15, 0.2) is 23.0 Å². The standard InChI is InChI=1S/C19H14N6O2/c1-2-4-14(5-3-1)25-19-15(10-23-25)18(20-11-21-19)24-22-9-13-6-7-16-17(8-13)27-12-26-16/h1-11H,12H2,(H,20,21,24)/b22-9+. The summed E-state index contributed by atoms with van der Waals surface area (Å²) in [5, 5.41) is 9.48. The Balaban J connectivity index is 1.42. The van der Waals surface area contributed by atoms with E-state index in [1.54, 1.807) is 17.1 Å². The number of para-hydroxylation sites is 1. The maximum absolute atomic E-state index is 5.37. The van der Waals surface area contributed by atoms with Crippen molar-refractivity contribution in [2.75, 3.05) is 12.2 Å². The molecular weight excluding hydrogens is 344 g/mol. The van der Waals surface area contributed by atoms with Crippen LogP contribution in [0, 0.1) is 0 Å². The summed E-state index contributed by atoms with van der Waals surface area (Å²) >= 11 is 0. The first-order valence-electron chi connectivity index (χ1n) is 8.31. The molecule has 5 rings (SSSR count). The fourth-order valence-corrected chi connectivity index (χ4v) is 2.85. The Labute approximate surface area is 154 Å². The van der Waals surface area contributed by atoms with E-state index in [0.717, 1.165) is 22.4 Å². The van der Waals surface area contributed by atoms with Crippen LogP contribution in [0.5, 0.6) is 11.5 Å². The normalized spacial score (nSPS) is 12.7. The van der Waals surface area contributed by atoms with Gasteiger partial charge in [0.05, 0.1) is 23.5 Å². The molecule has 2 aromatic heterocycles. The molecular formula is C19H14N6O2. The Hall–Kier alpha value is -3.94. The number of aromatic nitrogens is 4. The molecule has 2 aromatic carbocycles. The molecule has 1 N–H and O–H groups in total. The first-order chi connectivity index (χ1) is 13.4. The number of nitrogens with one attached hydrogen (secondary N) is 1. The number of ether oxygens (including phenoxy) is 2. The van der Waals surface area contributed by atoms with Crippen molar-refractivity contribution >= 4 is 23.1 Å². The van der Waals surface area contributed by atoms with Gasteiger partial charge in [-0.25, -0.2) is 14.6 Å². The molecule has 1 aliphatic heterocycles. The average molecular weight is 358 g/mol. The third-order valence-corrected chi connectivity index (χ3v) is 4.15. The summed E-state index contributed by atoms with van der Waals surface area (Å²) in [5.41, 5.74) is 5.48. The zero-order valence-electron chi connectivity index (χ0n) is 14.1. The molecule has 0 aliphatic carbocycles. The summed E-state index contributed by atoms with van der Waals surface area (Å²) in [6.45, 7) is 0.249. The molecule has 8 heteroatoms. The van der Waals surface area contributed by atoms with Crippen molar-refractivity contribution in [1.82, 2.24) is 19.7 Å². The van der Waals surface area contributed by atoms with Crippen LogP contribution in [0.3, 0.4) is 0 Å². The molecule has 0 saturated carbocycles. The second-order valence-corrected chi connectivity index (χ2v) is 5.83. The minimum Gasteiger partial charge on any atom is -0.454 e. The third kappa shape index (κ3) is 2.82. The smallest absolute Gasteiger partial charge is 0.231 e. The molecule has 27 heavy (non-hydrogen) atoms. The number of benzene rings is 2. The number of nitrogens with zero attached hydrogens (tertiary/aromatic N) is 5. The van der Waals surface area contributed by atoms with Crippen molar-refractivity contribution in [2.45, 2.75) is 0 Å². The SMILES string of the molecule is C(=N\Nc1ncnc2c1cnn2-c1ccccc1)/c1ccc2c(c1)OCO2. The van der Waals surface area contributed by atoms with Gasteiger partial charge in [0.1, 0.15) is 6.33 Å². The van der Waals surface area contributed by atoms with Crippen molar-refractivity contribution in [1.29, 1.82) is 0 Å². The minimum atomic E-state index is 0.249. The zero-order valence-corrected chi connectivity index (χ0v) is 14.1. The number of rotatable bonds is 4. The monoisotopic (exact) mass is 358 g/mol. The highest BCUT2D eigenvalue weighted by atomic mass is 16.7. The Bertz CT molecular complexity index is 1140. The van der Waals surface area contributed by atoms with Gasteiger partial charge in [-0.2, -0.15) is 10.2 Å². The van der Waals surface area contributed by atoms with Crippen LogP contribution in [0.1, 0.15) is 5.56 Å². The number of hydrazone groups is 1. The van der Waals surface area contributed by atoms with E-state index in [9.17, 15) is 0 Å². The van der Waals surface area contributed by atoms with Gasteiger partial charge < -0.3 is 9.47 Å². The van der Waals surface area contributed by atoms with Gasteiger partial charge in [0.25, 0.3) is 0 Å². The Morgan fingerprint density at radius 1 is 1.04 bits per heavy atom. The molecule has 1 aliphatic rings. The summed E-state index contributed by atoms with van der Waals surface area (Å²) in [5.74, 6) is 2.04. The van der Waals surface area contributed by atoms with Gasteiger partial charge in [-0.3, -0.25) is 5.43 Å². The molecule has 0 bridgehead atoms. The Kier molecular flexibility index (Phi) is 3.64. The minimum absolute atomic E-state index is 0.249. The summed E-state index contributed by atoms with van der Waals surface area (Å²) in [7, 11) is 0. The van der Waals surface area contributed by atoms with Crippen LogP contribution in [0.15, 0.2) is 66.2 Å². The first kappa shape index (κ1) is 15.3. The number of hydrogen-bond donors (Lipinski definition) is 1. The van der Waals surface area contributed by atoms with Gasteiger partial charge in [-0.1, -0.05) is 18.2 Å². The maximum Gasteiger partial charge on any atom is 0.231 e. The molecule has 4 aromatic rings. The Morgan fingerprint density at radius 2 is 1.93 bits per heavy atom. The van der Waals surface area contributed by atoms with E-state index in [1.165, 1.54) is 6.33 Å². The number of anilines is 1. The topological polar surface area (TPSA) is 86.5 Å². The van der Waals surface area contributed by atoms with Crippen molar-refractivity contribution in [3.05, 3.63) is 66.6 Å². The van der Waals surface area contributed by atoms with Crippen LogP contribution in [-0.4, -0.2) is 32.8 Å². The van der Waals surface area contributed by atoms with E-state index in [-0.39, 0.29) is 6.79 Å². The molecule has 3 heterocycles. The van der Waals surface area contributed by atoms with Crippen LogP contribution < -0.4 is 14.9 Å². The predicted octanol–water partition coefficient (Wildman–Crippen LogP) is 2.99. The highest BCUT2D eigenvalue weighted by Gasteiger charge is 2.13. The van der Waals surface area contributed by atoms with Crippen LogP contribution in [-0.2, 0) is 0 Å². The number of fused-ring (bicyclic) bond motifs is 2. The summed E-state index contributed by atoms with van der Waals surface area (Å²) < 4.78 is 12.4. The lowest BCUT2D eigenvalue weighted by Gasteiger charge is -2.03. The highest BCUT2D eigenvalue weighted by molar-refractivity contribution is 5.88. The average Bonchev–Trinajstić information content (AvgIpc) is 3.35. The fourth-order valence-electron chi connectivity index (χ4n) is 2.85. The van der Waals surface area contributed by atoms with E-state index in [2.05, 4.69) is 25.6 Å². The maximum atomic E-state index is 5.37. The van der Waals surface area contributed by atoms with Crippen molar-refractivity contribution < 1.29 is 9.47 Å². The predicted molar refractivity (Wildman–Crippen MR) is 100 cm³/mol. The van der Waals surface area contributed by atoms with E-state index >= 15 is 0 Å². The lowest BCUT2D eigenvalue weighted by molar-refractivity contribution is 0.174. The lowest BCUT2D eigenvalue weighted by Crippen LogP contribution is -1.99. The second kappa shape index (κ2) is 6.41. The van der Waals surface area contributed by atoms with E-state index < -0.39 is 0 Å². The summed E-state index contributed by atoms with van der Waals surface area (Å²) in [4.78, 5) is 8.62. The molecule has 0 amide bonds. The van der Waals surface area contributed by atoms with Crippen LogP contribution >= 0.6 is 0 Å². The van der Waals surface area contributed by atoms with Crippen LogP contribution in [0.4, 0.5) is 5.82 Å². The lowest BCUT2D eigenvalue weighted by atomic mass is 10.2. The fraction of sp³-hybridized carbons (Fsp3) is 0.0526. The first-order valence-corrected chi connectivity index (χ1v) is 8.31. The van der Waals surface area contributed by atoms with E-state index in [4.69, 9.17) is 9.47 Å². The molecule has 0 radical (unpaired) electrons. The van der Waals surface area contributed by atoms with Gasteiger partial charge in [0, 0.05) is 0 Å². The van der Waals surface area contributed by atoms with Crippen molar-refractivity contribution in [3.8, 4) is 17.2 Å². The largest absolute Gasteiger partial charge is 0.454 e. The highest BCUT2D eigenvalue weighted by Crippen LogP contribution is 2.32. The van der Waals surface area contributed by atoms with E-state index in [1.807, 2.05) is 48.5 Å². The molecule has 0 spiro atoms. The van der Waals surface area contributed by atoms with Crippen LogP contribution in [0.2, 0.25) is 0 Å². The van der Waals surface area contributed by atoms with Gasteiger partial charge in [-0.05, 0) is 35.9 Å². The zero-order chi connectivity index (χ0) is 18.1. The third-order valence-electron chi connectivity index (χ3n) is 4.15. The van der Waals surface area contributed by atoms with E-state index in [0.29, 0.717) is 17.2 Å². The van der Waals surface area contributed by atoms with Gasteiger partial charge in [-0.15, -0.1) is 0 Å². The molecule has 0 fully saturated rings. The molecule has 132 valence electrons. The molecule has 8 nitrogen and oxygen atoms in total. The van der Waals surface area contributed by atoms with Crippen molar-refractivity contribution in [3.63, 3.8) is 0 Å². The molecule has 0 saturated heterocycles. The van der Waals surface area contributed by atoms with Gasteiger partial charge >= 0.3 is 0 Å². The Morgan fingerprint density at radius 3 is 2.85 bits per heavy atom. The van der Waals surface area contributed by atoms with Crippen molar-refractivity contribution in [2.24, 2.45) is 5.10 Å². The summed E-state index contributed by atoms with van der Waals surface area (Å²) in [6, 6.07) is 15.5. The molecule has 0 atom stereocenters. The molecule has 0 unspecified atom stereocenters. The summed E-state index contributed by atoms with van der Waals surface area (Å²) in [6.07, 6.45) is 4.90. The quantitative estimate of drug-likeness (QED) is 0.446. The number of hydrogen-bond acceptors (Lipinski definition) is 7.